The summed E-state index contributed by atoms with van der Waals surface area (Å²) in [5.74, 6) is -0.415. The second-order valence-electron chi connectivity index (χ2n) is 3.56. The highest BCUT2D eigenvalue weighted by Gasteiger charge is 2.28. The fourth-order valence-corrected chi connectivity index (χ4v) is 1.19. The highest BCUT2D eigenvalue weighted by Crippen LogP contribution is 2.23. The fourth-order valence-electron chi connectivity index (χ4n) is 1.19. The Morgan fingerprint density at radius 1 is 1.42 bits per heavy atom. The molecule has 0 unspecified atom stereocenters. The monoisotopic (exact) mass is 299 g/mol. The van der Waals surface area contributed by atoms with E-state index in [1.54, 1.807) is 6.92 Å². The smallest absolute Gasteiger partial charge is 0.422 e. The first-order valence-electron chi connectivity index (χ1n) is 5.07. The number of nitrogens with zero attached hydrogens (tertiary/aromatic N) is 1. The Morgan fingerprint density at radius 3 is 2.58 bits per heavy atom. The summed E-state index contributed by atoms with van der Waals surface area (Å²) in [5, 5.41) is 0. The molecule has 1 rings (SSSR count). The molecule has 108 valence electrons. The van der Waals surface area contributed by atoms with Gasteiger partial charge in [-0.15, -0.1) is 12.4 Å². The van der Waals surface area contributed by atoms with Crippen molar-refractivity contribution in [3.63, 3.8) is 0 Å². The van der Waals surface area contributed by atoms with Crippen molar-refractivity contribution in [3.05, 3.63) is 23.5 Å². The van der Waals surface area contributed by atoms with E-state index in [9.17, 15) is 18.0 Å². The van der Waals surface area contributed by atoms with Gasteiger partial charge in [-0.3, -0.25) is 9.78 Å². The van der Waals surface area contributed by atoms with E-state index in [1.165, 1.54) is 19.2 Å². The molecule has 0 spiro atoms. The minimum atomic E-state index is -4.40. The molecule has 19 heavy (non-hydrogen) atoms. The van der Waals surface area contributed by atoms with E-state index in [1.807, 2.05) is 0 Å². The summed E-state index contributed by atoms with van der Waals surface area (Å²) in [5.41, 5.74) is 0.785. The highest BCUT2D eigenvalue weighted by molar-refractivity contribution is 5.85. The maximum atomic E-state index is 12.0. The van der Waals surface area contributed by atoms with Crippen LogP contribution in [0, 0.1) is 6.92 Å². The molecule has 0 saturated heterocycles. The van der Waals surface area contributed by atoms with Crippen molar-refractivity contribution < 1.29 is 27.4 Å². The van der Waals surface area contributed by atoms with Gasteiger partial charge in [0.05, 0.1) is 5.69 Å². The van der Waals surface area contributed by atoms with Crippen molar-refractivity contribution >= 4 is 18.4 Å². The van der Waals surface area contributed by atoms with Crippen molar-refractivity contribution in [2.75, 3.05) is 6.61 Å². The van der Waals surface area contributed by atoms with Crippen molar-refractivity contribution in [2.45, 2.75) is 26.6 Å². The molecule has 0 bridgehead atoms. The first kappa shape index (κ1) is 17.5. The highest BCUT2D eigenvalue weighted by atomic mass is 35.5. The molecule has 0 aliphatic heterocycles. The molecule has 1 heterocycles. The molecule has 8 heteroatoms. The summed E-state index contributed by atoms with van der Waals surface area (Å²) in [7, 11) is 0. The number of hydrogen-bond donors (Lipinski definition) is 0. The Labute approximate surface area is 114 Å². The minimum absolute atomic E-state index is 0. The first-order chi connectivity index (χ1) is 8.29. The van der Waals surface area contributed by atoms with Crippen LogP contribution in [-0.4, -0.2) is 23.7 Å². The Bertz CT molecular complexity index is 438. The van der Waals surface area contributed by atoms with E-state index in [4.69, 9.17) is 4.74 Å². The number of pyridine rings is 1. The quantitative estimate of drug-likeness (QED) is 0.802. The van der Waals surface area contributed by atoms with E-state index in [0.29, 0.717) is 11.3 Å². The number of rotatable bonds is 4. The van der Waals surface area contributed by atoms with Crippen LogP contribution in [0.3, 0.4) is 0 Å². The number of aromatic nitrogens is 1. The zero-order valence-corrected chi connectivity index (χ0v) is 11.1. The molecule has 0 aliphatic rings. The SMILES string of the molecule is CC(=O)OCc1nccc(OCC(F)(F)F)c1C.Cl. The van der Waals surface area contributed by atoms with Gasteiger partial charge in [0.2, 0.25) is 0 Å². The molecule has 0 atom stereocenters. The second-order valence-corrected chi connectivity index (χ2v) is 3.56. The fraction of sp³-hybridized carbons (Fsp3) is 0.455. The van der Waals surface area contributed by atoms with Crippen LogP contribution in [-0.2, 0) is 16.1 Å². The molecule has 0 saturated carbocycles. The van der Waals surface area contributed by atoms with Crippen LogP contribution < -0.4 is 4.74 Å². The number of alkyl halides is 3. The van der Waals surface area contributed by atoms with E-state index in [2.05, 4.69) is 9.72 Å². The second kappa shape index (κ2) is 7.18. The molecule has 4 nitrogen and oxygen atoms in total. The summed E-state index contributed by atoms with van der Waals surface area (Å²) in [6, 6.07) is 1.33. The number of ether oxygens (including phenoxy) is 2. The standard InChI is InChI=1S/C11H12F3NO3.ClH/c1-7-9(5-17-8(2)16)15-4-3-10(7)18-6-11(12,13)14;/h3-4H,5-6H2,1-2H3;1H. The van der Waals surface area contributed by atoms with Gasteiger partial charge in [0.1, 0.15) is 12.4 Å². The Morgan fingerprint density at radius 2 is 2.05 bits per heavy atom. The van der Waals surface area contributed by atoms with Gasteiger partial charge >= 0.3 is 12.1 Å². The maximum absolute atomic E-state index is 12.0. The van der Waals surface area contributed by atoms with Crippen LogP contribution >= 0.6 is 12.4 Å². The molecular formula is C11H13ClF3NO3. The van der Waals surface area contributed by atoms with Crippen LogP contribution in [0.2, 0.25) is 0 Å². The van der Waals surface area contributed by atoms with Crippen molar-refractivity contribution in [1.29, 1.82) is 0 Å². The van der Waals surface area contributed by atoms with Gasteiger partial charge in [-0.25, -0.2) is 0 Å². The van der Waals surface area contributed by atoms with Gasteiger partial charge < -0.3 is 9.47 Å². The van der Waals surface area contributed by atoms with E-state index < -0.39 is 18.8 Å². The number of carbonyl (C=O) groups excluding carboxylic acids is 1. The van der Waals surface area contributed by atoms with Crippen LogP contribution in [0.5, 0.6) is 5.75 Å². The third-order valence-electron chi connectivity index (χ3n) is 2.06. The lowest BCUT2D eigenvalue weighted by Gasteiger charge is -2.13. The number of hydrogen-bond acceptors (Lipinski definition) is 4. The van der Waals surface area contributed by atoms with Crippen LogP contribution in [0.15, 0.2) is 12.3 Å². The third-order valence-corrected chi connectivity index (χ3v) is 2.06. The number of carbonyl (C=O) groups is 1. The summed E-state index contributed by atoms with van der Waals surface area (Å²) >= 11 is 0. The van der Waals surface area contributed by atoms with Gasteiger partial charge in [-0.05, 0) is 13.0 Å². The third kappa shape index (κ3) is 6.28. The van der Waals surface area contributed by atoms with Crippen molar-refractivity contribution in [3.8, 4) is 5.75 Å². The van der Waals surface area contributed by atoms with Gasteiger partial charge in [-0.2, -0.15) is 13.2 Å². The minimum Gasteiger partial charge on any atom is -0.484 e. The van der Waals surface area contributed by atoms with Crippen LogP contribution in [0.4, 0.5) is 13.2 Å². The maximum Gasteiger partial charge on any atom is 0.422 e. The number of esters is 1. The molecule has 0 radical (unpaired) electrons. The molecule has 0 amide bonds. The lowest BCUT2D eigenvalue weighted by molar-refractivity contribution is -0.153. The van der Waals surface area contributed by atoms with E-state index >= 15 is 0 Å². The Kier molecular flexibility index (Phi) is 6.61. The molecule has 0 fully saturated rings. The van der Waals surface area contributed by atoms with E-state index in [0.717, 1.165) is 0 Å². The largest absolute Gasteiger partial charge is 0.484 e. The number of halogens is 4. The summed E-state index contributed by atoms with van der Waals surface area (Å²) in [4.78, 5) is 14.6. The first-order valence-corrected chi connectivity index (χ1v) is 5.07. The summed E-state index contributed by atoms with van der Waals surface area (Å²) in [6.45, 7) is 1.33. The Hall–Kier alpha value is -1.50. The van der Waals surface area contributed by atoms with Crippen LogP contribution in [0.1, 0.15) is 18.2 Å². The van der Waals surface area contributed by atoms with Crippen molar-refractivity contribution in [1.82, 2.24) is 4.98 Å². The van der Waals surface area contributed by atoms with Crippen molar-refractivity contribution in [2.24, 2.45) is 0 Å². The normalized spacial score (nSPS) is 10.6. The predicted octanol–water partition coefficient (Wildman–Crippen LogP) is 2.82. The lowest BCUT2D eigenvalue weighted by Crippen LogP contribution is -2.19. The van der Waals surface area contributed by atoms with Gasteiger partial charge in [0.25, 0.3) is 0 Å². The lowest BCUT2D eigenvalue weighted by atomic mass is 10.2. The zero-order chi connectivity index (χ0) is 13.8. The average molecular weight is 300 g/mol. The molecule has 1 aromatic heterocycles. The molecule has 0 N–H and O–H groups in total. The molecule has 0 aromatic carbocycles. The summed E-state index contributed by atoms with van der Waals surface area (Å²) < 4.78 is 45.4. The predicted molar refractivity (Wildman–Crippen MR) is 63.2 cm³/mol. The van der Waals surface area contributed by atoms with E-state index in [-0.39, 0.29) is 24.8 Å². The molecule has 1 aromatic rings. The van der Waals surface area contributed by atoms with Gasteiger partial charge in [-0.1, -0.05) is 0 Å². The average Bonchev–Trinajstić information content (AvgIpc) is 2.24. The molecule has 0 aliphatic carbocycles. The molecular weight excluding hydrogens is 287 g/mol. The Balaban J connectivity index is 0.00000324. The topological polar surface area (TPSA) is 48.4 Å². The van der Waals surface area contributed by atoms with Crippen LogP contribution in [0.25, 0.3) is 0 Å². The van der Waals surface area contributed by atoms with Gasteiger partial charge in [0, 0.05) is 18.7 Å². The van der Waals surface area contributed by atoms with Gasteiger partial charge in [0.15, 0.2) is 6.61 Å². The zero-order valence-electron chi connectivity index (χ0n) is 10.3. The summed E-state index contributed by atoms with van der Waals surface area (Å²) in [6.07, 6.45) is -3.09.